The maximum Gasteiger partial charge on any atom is 0.340 e. The number of hydrogen-bond acceptors (Lipinski definition) is 9. The number of nitrogens with zero attached hydrogens (tertiary/aromatic N) is 4. The molecule has 20 heavy (non-hydrogen) atoms. The summed E-state index contributed by atoms with van der Waals surface area (Å²) in [5, 5.41) is 0. The molecule has 9 heteroatoms. The van der Waals surface area contributed by atoms with E-state index in [0.717, 1.165) is 0 Å². The summed E-state index contributed by atoms with van der Waals surface area (Å²) in [4.78, 5) is 26.8. The van der Waals surface area contributed by atoms with Crippen molar-refractivity contribution in [1.29, 1.82) is 0 Å². The number of anilines is 2. The van der Waals surface area contributed by atoms with Gasteiger partial charge in [0, 0.05) is 12.3 Å². The lowest BCUT2D eigenvalue weighted by Gasteiger charge is -2.05. The minimum absolute atomic E-state index is 0.0327. The number of carbonyl (C=O) groups is 1. The Kier molecular flexibility index (Phi) is 3.89. The van der Waals surface area contributed by atoms with E-state index in [1.807, 2.05) is 0 Å². The van der Waals surface area contributed by atoms with Crippen LogP contribution in [0.25, 0.3) is 0 Å². The van der Waals surface area contributed by atoms with Crippen molar-refractivity contribution in [3.05, 3.63) is 29.7 Å². The molecule has 0 atom stereocenters. The summed E-state index contributed by atoms with van der Waals surface area (Å²) in [6, 6.07) is 3.08. The van der Waals surface area contributed by atoms with Crippen molar-refractivity contribution in [1.82, 2.24) is 19.9 Å². The van der Waals surface area contributed by atoms with Gasteiger partial charge in [-0.05, 0) is 6.07 Å². The Bertz CT molecular complexity index is 596. The number of aromatic nitrogens is 4. The highest BCUT2D eigenvalue weighted by Crippen LogP contribution is 2.09. The Morgan fingerprint density at radius 1 is 1.20 bits per heavy atom. The lowest BCUT2D eigenvalue weighted by atomic mass is 10.3. The Morgan fingerprint density at radius 3 is 2.45 bits per heavy atom. The highest BCUT2D eigenvalue weighted by Gasteiger charge is 2.10. The number of nitrogens with two attached hydrogens (primary N) is 2. The van der Waals surface area contributed by atoms with Gasteiger partial charge in [-0.2, -0.15) is 15.0 Å². The molecule has 2 rings (SSSR count). The van der Waals surface area contributed by atoms with Crippen LogP contribution in [0.1, 0.15) is 16.2 Å². The van der Waals surface area contributed by atoms with Crippen LogP contribution < -0.4 is 16.2 Å². The Balaban J connectivity index is 2.00. The summed E-state index contributed by atoms with van der Waals surface area (Å²) in [6.07, 6.45) is 1.34. The minimum Gasteiger partial charge on any atom is -0.481 e. The predicted molar refractivity (Wildman–Crippen MR) is 68.6 cm³/mol. The third-order valence-electron chi connectivity index (χ3n) is 2.23. The van der Waals surface area contributed by atoms with Gasteiger partial charge < -0.3 is 20.9 Å². The van der Waals surface area contributed by atoms with Crippen LogP contribution in [0.2, 0.25) is 0 Å². The molecule has 0 amide bonds. The van der Waals surface area contributed by atoms with Crippen LogP contribution in [-0.4, -0.2) is 33.0 Å². The van der Waals surface area contributed by atoms with Crippen molar-refractivity contribution < 1.29 is 14.3 Å². The number of carbonyl (C=O) groups excluding carboxylic acids is 1. The quantitative estimate of drug-likeness (QED) is 0.726. The first-order chi connectivity index (χ1) is 9.58. The molecule has 0 saturated heterocycles. The molecule has 2 aromatic heterocycles. The highest BCUT2D eigenvalue weighted by atomic mass is 16.5. The van der Waals surface area contributed by atoms with E-state index in [1.165, 1.54) is 19.4 Å². The van der Waals surface area contributed by atoms with Crippen LogP contribution >= 0.6 is 0 Å². The largest absolute Gasteiger partial charge is 0.481 e. The second kappa shape index (κ2) is 5.78. The van der Waals surface area contributed by atoms with Gasteiger partial charge in [0.1, 0.15) is 0 Å². The molecule has 0 fully saturated rings. The fraction of sp³-hybridized carbons (Fsp3) is 0.182. The predicted octanol–water partition coefficient (Wildman–Crippen LogP) is -0.203. The van der Waals surface area contributed by atoms with E-state index in [0.29, 0.717) is 5.88 Å². The van der Waals surface area contributed by atoms with Crippen molar-refractivity contribution in [2.45, 2.75) is 6.61 Å². The molecule has 0 aliphatic carbocycles. The van der Waals surface area contributed by atoms with Gasteiger partial charge in [0.2, 0.25) is 17.8 Å². The smallest absolute Gasteiger partial charge is 0.340 e. The number of methoxy groups -OCH3 is 1. The van der Waals surface area contributed by atoms with Gasteiger partial charge in [-0.3, -0.25) is 0 Å². The molecule has 0 aliphatic rings. The Labute approximate surface area is 114 Å². The van der Waals surface area contributed by atoms with E-state index in [-0.39, 0.29) is 29.9 Å². The van der Waals surface area contributed by atoms with Gasteiger partial charge in [-0.25, -0.2) is 9.78 Å². The fourth-order valence-corrected chi connectivity index (χ4v) is 1.36. The topological polar surface area (TPSA) is 139 Å². The van der Waals surface area contributed by atoms with Crippen molar-refractivity contribution in [3.63, 3.8) is 0 Å². The van der Waals surface area contributed by atoms with Crippen LogP contribution in [0.4, 0.5) is 11.9 Å². The van der Waals surface area contributed by atoms with E-state index in [1.54, 1.807) is 6.07 Å². The molecular formula is C11H12N6O3. The SMILES string of the molecule is COc1ccc(C(=O)OCc2nc(N)nc(N)n2)cn1. The van der Waals surface area contributed by atoms with Crippen LogP contribution in [-0.2, 0) is 11.3 Å². The molecule has 2 aromatic rings. The summed E-state index contributed by atoms with van der Waals surface area (Å²) in [7, 11) is 1.48. The van der Waals surface area contributed by atoms with Gasteiger partial charge in [0.25, 0.3) is 0 Å². The molecule has 0 bridgehead atoms. The zero-order chi connectivity index (χ0) is 14.5. The van der Waals surface area contributed by atoms with Crippen molar-refractivity contribution in [2.75, 3.05) is 18.6 Å². The lowest BCUT2D eigenvalue weighted by molar-refractivity contribution is 0.0461. The van der Waals surface area contributed by atoms with Gasteiger partial charge >= 0.3 is 5.97 Å². The average molecular weight is 276 g/mol. The molecule has 0 aromatic carbocycles. The van der Waals surface area contributed by atoms with Gasteiger partial charge in [-0.1, -0.05) is 0 Å². The number of hydrogen-bond donors (Lipinski definition) is 2. The third-order valence-corrected chi connectivity index (χ3v) is 2.23. The Hall–Kier alpha value is -2.97. The summed E-state index contributed by atoms with van der Waals surface area (Å²) in [6.45, 7) is -0.165. The summed E-state index contributed by atoms with van der Waals surface area (Å²) < 4.78 is 9.90. The first-order valence-corrected chi connectivity index (χ1v) is 5.51. The molecule has 9 nitrogen and oxygen atoms in total. The van der Waals surface area contributed by atoms with Crippen LogP contribution in [0.15, 0.2) is 18.3 Å². The monoisotopic (exact) mass is 276 g/mol. The Morgan fingerprint density at radius 2 is 1.90 bits per heavy atom. The summed E-state index contributed by atoms with van der Waals surface area (Å²) in [5.74, 6) is -0.0635. The molecule has 4 N–H and O–H groups in total. The highest BCUT2D eigenvalue weighted by molar-refractivity contribution is 5.89. The second-order valence-electron chi connectivity index (χ2n) is 3.63. The molecule has 0 spiro atoms. The van der Waals surface area contributed by atoms with Gasteiger partial charge in [0.05, 0.1) is 12.7 Å². The van der Waals surface area contributed by atoms with E-state index in [4.69, 9.17) is 20.9 Å². The molecule has 0 aliphatic heterocycles. The molecule has 2 heterocycles. The number of nitrogen functional groups attached to an aromatic ring is 2. The molecule has 0 unspecified atom stereocenters. The van der Waals surface area contributed by atoms with Crippen molar-refractivity contribution >= 4 is 17.9 Å². The molecule has 104 valence electrons. The van der Waals surface area contributed by atoms with E-state index in [2.05, 4.69) is 19.9 Å². The van der Waals surface area contributed by atoms with E-state index in [9.17, 15) is 4.79 Å². The third kappa shape index (κ3) is 3.28. The number of pyridine rings is 1. The maximum atomic E-state index is 11.8. The number of esters is 1. The normalized spacial score (nSPS) is 10.1. The average Bonchev–Trinajstić information content (AvgIpc) is 2.44. The fourth-order valence-electron chi connectivity index (χ4n) is 1.36. The van der Waals surface area contributed by atoms with Crippen LogP contribution in [0.3, 0.4) is 0 Å². The van der Waals surface area contributed by atoms with E-state index < -0.39 is 5.97 Å². The number of rotatable bonds is 4. The van der Waals surface area contributed by atoms with E-state index >= 15 is 0 Å². The van der Waals surface area contributed by atoms with Crippen molar-refractivity contribution in [2.24, 2.45) is 0 Å². The summed E-state index contributed by atoms with van der Waals surface area (Å²) in [5.41, 5.74) is 11.1. The first kappa shape index (κ1) is 13.5. The minimum atomic E-state index is -0.572. The standard InChI is InChI=1S/C11H12N6O3/c1-19-8-3-2-6(4-14-8)9(18)20-5-7-15-10(12)17-11(13)16-7/h2-4H,5H2,1H3,(H4,12,13,15,16,17). The maximum absolute atomic E-state index is 11.8. The van der Waals surface area contributed by atoms with Crippen LogP contribution in [0.5, 0.6) is 5.88 Å². The zero-order valence-corrected chi connectivity index (χ0v) is 10.6. The van der Waals surface area contributed by atoms with Gasteiger partial charge in [0.15, 0.2) is 12.4 Å². The molecule has 0 radical (unpaired) electrons. The van der Waals surface area contributed by atoms with Crippen molar-refractivity contribution in [3.8, 4) is 5.88 Å². The first-order valence-electron chi connectivity index (χ1n) is 5.51. The lowest BCUT2D eigenvalue weighted by Crippen LogP contribution is -2.11. The summed E-state index contributed by atoms with van der Waals surface area (Å²) >= 11 is 0. The zero-order valence-electron chi connectivity index (χ0n) is 10.6. The van der Waals surface area contributed by atoms with Gasteiger partial charge in [-0.15, -0.1) is 0 Å². The molecule has 0 saturated carbocycles. The van der Waals surface area contributed by atoms with Crippen LogP contribution in [0, 0.1) is 0 Å². The second-order valence-corrected chi connectivity index (χ2v) is 3.63. The molecular weight excluding hydrogens is 264 g/mol. The number of ether oxygens (including phenoxy) is 2.